The van der Waals surface area contributed by atoms with Crippen LogP contribution in [-0.2, 0) is 16.0 Å². The zero-order chi connectivity index (χ0) is 15.5. The van der Waals surface area contributed by atoms with Crippen molar-refractivity contribution in [2.24, 2.45) is 5.92 Å². The van der Waals surface area contributed by atoms with E-state index in [1.807, 2.05) is 31.2 Å². The van der Waals surface area contributed by atoms with Crippen LogP contribution in [0.4, 0.5) is 0 Å². The van der Waals surface area contributed by atoms with Crippen molar-refractivity contribution in [1.82, 2.24) is 5.32 Å². The Morgan fingerprint density at radius 1 is 1.38 bits per heavy atom. The molecule has 0 aromatic heterocycles. The van der Waals surface area contributed by atoms with Gasteiger partial charge in [-0.2, -0.15) is 0 Å². The van der Waals surface area contributed by atoms with E-state index >= 15 is 0 Å². The number of hydrogen-bond donors (Lipinski definition) is 2. The van der Waals surface area contributed by atoms with E-state index in [0.29, 0.717) is 25.7 Å². The van der Waals surface area contributed by atoms with Crippen LogP contribution >= 0.6 is 15.9 Å². The molecule has 4 nitrogen and oxygen atoms in total. The molecule has 1 unspecified atom stereocenters. The second-order valence-electron chi connectivity index (χ2n) is 5.63. The van der Waals surface area contributed by atoms with Gasteiger partial charge in [0.25, 0.3) is 0 Å². The van der Waals surface area contributed by atoms with Crippen molar-refractivity contribution >= 4 is 27.8 Å². The molecule has 5 heteroatoms. The molecule has 2 rings (SSSR count). The summed E-state index contributed by atoms with van der Waals surface area (Å²) in [5.41, 5.74) is 0.0378. The van der Waals surface area contributed by atoms with Crippen molar-refractivity contribution in [2.45, 2.75) is 44.6 Å². The average molecular weight is 354 g/mol. The molecule has 0 heterocycles. The molecule has 0 radical (unpaired) electrons. The summed E-state index contributed by atoms with van der Waals surface area (Å²) in [4.78, 5) is 23.8. The van der Waals surface area contributed by atoms with Crippen LogP contribution in [0, 0.1) is 5.92 Å². The Balaban J connectivity index is 2.05. The van der Waals surface area contributed by atoms with Crippen LogP contribution in [0.3, 0.4) is 0 Å². The standard InChI is InChI=1S/C16H20BrNO3/c1-2-11(10-12-6-3-4-7-13(12)17)14(19)18-16(15(20)21)8-5-9-16/h3-4,6-7,11H,2,5,8-10H2,1H3,(H,18,19)(H,20,21). The summed E-state index contributed by atoms with van der Waals surface area (Å²) >= 11 is 3.49. The first-order chi connectivity index (χ1) is 9.98. The Kier molecular flexibility index (Phi) is 5.04. The Morgan fingerprint density at radius 3 is 2.52 bits per heavy atom. The number of aliphatic carboxylic acids is 1. The monoisotopic (exact) mass is 353 g/mol. The molecule has 1 aromatic rings. The SMILES string of the molecule is CCC(Cc1ccccc1Br)C(=O)NC1(C(=O)O)CCC1. The molecule has 114 valence electrons. The highest BCUT2D eigenvalue weighted by molar-refractivity contribution is 9.10. The fourth-order valence-corrected chi connectivity index (χ4v) is 3.06. The molecule has 1 amide bonds. The number of benzene rings is 1. The summed E-state index contributed by atoms with van der Waals surface area (Å²) in [6, 6.07) is 7.80. The zero-order valence-electron chi connectivity index (χ0n) is 12.1. The van der Waals surface area contributed by atoms with E-state index in [1.165, 1.54) is 0 Å². The van der Waals surface area contributed by atoms with E-state index in [2.05, 4.69) is 21.2 Å². The normalized spacial score (nSPS) is 17.6. The van der Waals surface area contributed by atoms with Crippen LogP contribution in [0.15, 0.2) is 28.7 Å². The van der Waals surface area contributed by atoms with Crippen molar-refractivity contribution in [3.8, 4) is 0 Å². The predicted octanol–water partition coefficient (Wildman–Crippen LogP) is 3.14. The lowest BCUT2D eigenvalue weighted by Crippen LogP contribution is -2.60. The topological polar surface area (TPSA) is 66.4 Å². The lowest BCUT2D eigenvalue weighted by molar-refractivity contribution is -0.152. The van der Waals surface area contributed by atoms with E-state index in [4.69, 9.17) is 0 Å². The van der Waals surface area contributed by atoms with E-state index in [0.717, 1.165) is 16.5 Å². The number of carbonyl (C=O) groups is 2. The molecule has 2 N–H and O–H groups in total. The van der Waals surface area contributed by atoms with Gasteiger partial charge in [0.15, 0.2) is 0 Å². The highest BCUT2D eigenvalue weighted by atomic mass is 79.9. The van der Waals surface area contributed by atoms with Gasteiger partial charge in [-0.1, -0.05) is 41.1 Å². The van der Waals surface area contributed by atoms with E-state index in [9.17, 15) is 14.7 Å². The molecular formula is C16H20BrNO3. The van der Waals surface area contributed by atoms with Gasteiger partial charge in [-0.05, 0) is 43.7 Å². The Labute approximate surface area is 133 Å². The van der Waals surface area contributed by atoms with Gasteiger partial charge in [0.2, 0.25) is 5.91 Å². The molecule has 1 atom stereocenters. The van der Waals surface area contributed by atoms with Gasteiger partial charge >= 0.3 is 5.97 Å². The maximum absolute atomic E-state index is 12.4. The molecule has 1 aromatic carbocycles. The van der Waals surface area contributed by atoms with Gasteiger partial charge in [0, 0.05) is 10.4 Å². The quantitative estimate of drug-likeness (QED) is 0.825. The third-order valence-electron chi connectivity index (χ3n) is 4.27. The van der Waals surface area contributed by atoms with Crippen molar-refractivity contribution in [3.63, 3.8) is 0 Å². The fraction of sp³-hybridized carbons (Fsp3) is 0.500. The molecule has 1 aliphatic carbocycles. The van der Waals surface area contributed by atoms with Crippen LogP contribution in [0.1, 0.15) is 38.2 Å². The van der Waals surface area contributed by atoms with Gasteiger partial charge in [0.1, 0.15) is 5.54 Å². The van der Waals surface area contributed by atoms with Crippen molar-refractivity contribution in [1.29, 1.82) is 0 Å². The smallest absolute Gasteiger partial charge is 0.329 e. The summed E-state index contributed by atoms with van der Waals surface area (Å²) < 4.78 is 0.979. The number of carbonyl (C=O) groups excluding carboxylic acids is 1. The number of rotatable bonds is 6. The van der Waals surface area contributed by atoms with Crippen LogP contribution in [0.5, 0.6) is 0 Å². The first kappa shape index (κ1) is 16.0. The first-order valence-corrected chi connectivity index (χ1v) is 8.06. The molecule has 0 spiro atoms. The Bertz CT molecular complexity index is 540. The second-order valence-corrected chi connectivity index (χ2v) is 6.49. The minimum atomic E-state index is -1.03. The van der Waals surface area contributed by atoms with Crippen LogP contribution in [0.2, 0.25) is 0 Å². The van der Waals surface area contributed by atoms with Gasteiger partial charge < -0.3 is 10.4 Å². The first-order valence-electron chi connectivity index (χ1n) is 7.27. The van der Waals surface area contributed by atoms with E-state index in [1.54, 1.807) is 0 Å². The summed E-state index contributed by atoms with van der Waals surface area (Å²) in [6.45, 7) is 1.95. The second kappa shape index (κ2) is 6.60. The van der Waals surface area contributed by atoms with Crippen molar-refractivity contribution in [3.05, 3.63) is 34.3 Å². The van der Waals surface area contributed by atoms with Gasteiger partial charge in [0.05, 0.1) is 0 Å². The van der Waals surface area contributed by atoms with Gasteiger partial charge in [-0.25, -0.2) is 4.79 Å². The maximum Gasteiger partial charge on any atom is 0.329 e. The summed E-state index contributed by atoms with van der Waals surface area (Å²) in [6.07, 6.45) is 3.20. The van der Waals surface area contributed by atoms with Crippen LogP contribution in [-0.4, -0.2) is 22.5 Å². The molecular weight excluding hydrogens is 334 g/mol. The number of amides is 1. The zero-order valence-corrected chi connectivity index (χ0v) is 13.6. The van der Waals surface area contributed by atoms with E-state index in [-0.39, 0.29) is 11.8 Å². The van der Waals surface area contributed by atoms with Gasteiger partial charge in [-0.3, -0.25) is 4.79 Å². The lowest BCUT2D eigenvalue weighted by Gasteiger charge is -2.39. The van der Waals surface area contributed by atoms with Crippen LogP contribution in [0.25, 0.3) is 0 Å². The van der Waals surface area contributed by atoms with E-state index < -0.39 is 11.5 Å². The average Bonchev–Trinajstić information content (AvgIpc) is 2.41. The number of hydrogen-bond acceptors (Lipinski definition) is 2. The molecule has 1 fully saturated rings. The lowest BCUT2D eigenvalue weighted by atomic mass is 9.76. The highest BCUT2D eigenvalue weighted by Crippen LogP contribution is 2.33. The maximum atomic E-state index is 12.4. The molecule has 1 aliphatic rings. The number of nitrogens with one attached hydrogen (secondary N) is 1. The molecule has 0 saturated heterocycles. The largest absolute Gasteiger partial charge is 0.480 e. The van der Waals surface area contributed by atoms with Gasteiger partial charge in [-0.15, -0.1) is 0 Å². The number of carboxylic acid groups (broad SMARTS) is 1. The summed E-state index contributed by atoms with van der Waals surface area (Å²) in [7, 11) is 0. The van der Waals surface area contributed by atoms with Crippen molar-refractivity contribution < 1.29 is 14.7 Å². The number of carboxylic acids is 1. The minimum Gasteiger partial charge on any atom is -0.480 e. The fourth-order valence-electron chi connectivity index (χ4n) is 2.61. The highest BCUT2D eigenvalue weighted by Gasteiger charge is 2.46. The number of halogens is 1. The minimum absolute atomic E-state index is 0.157. The van der Waals surface area contributed by atoms with Crippen LogP contribution < -0.4 is 5.32 Å². The third kappa shape index (κ3) is 3.46. The molecule has 0 aliphatic heterocycles. The third-order valence-corrected chi connectivity index (χ3v) is 5.04. The molecule has 21 heavy (non-hydrogen) atoms. The Hall–Kier alpha value is -1.36. The predicted molar refractivity (Wildman–Crippen MR) is 84.0 cm³/mol. The van der Waals surface area contributed by atoms with Crippen molar-refractivity contribution in [2.75, 3.05) is 0 Å². The Morgan fingerprint density at radius 2 is 2.05 bits per heavy atom. The summed E-state index contributed by atoms with van der Waals surface area (Å²) in [5.74, 6) is -1.28. The molecule has 0 bridgehead atoms. The summed E-state index contributed by atoms with van der Waals surface area (Å²) in [5, 5.41) is 12.1. The molecule has 1 saturated carbocycles.